The minimum atomic E-state index is -0.226. The van der Waals surface area contributed by atoms with Gasteiger partial charge in [-0.1, -0.05) is 17.3 Å². The van der Waals surface area contributed by atoms with Crippen LogP contribution >= 0.6 is 0 Å². The van der Waals surface area contributed by atoms with Gasteiger partial charge >= 0.3 is 0 Å². The first kappa shape index (κ1) is 16.5. The smallest absolute Gasteiger partial charge is 0.229 e. The Bertz CT molecular complexity index is 774. The largest absolute Gasteiger partial charge is 0.381 e. The molecule has 1 saturated carbocycles. The van der Waals surface area contributed by atoms with Crippen LogP contribution in [0.4, 0.5) is 0 Å². The predicted molar refractivity (Wildman–Crippen MR) is 92.2 cm³/mol. The van der Waals surface area contributed by atoms with Crippen molar-refractivity contribution in [2.45, 2.75) is 49.9 Å². The summed E-state index contributed by atoms with van der Waals surface area (Å²) in [6.07, 6.45) is 4.07. The minimum Gasteiger partial charge on any atom is -0.381 e. The summed E-state index contributed by atoms with van der Waals surface area (Å²) >= 11 is 0. The Morgan fingerprint density at radius 1 is 1.36 bits per heavy atom. The summed E-state index contributed by atoms with van der Waals surface area (Å²) in [5, 5.41) is 5.01. The third-order valence-corrected chi connectivity index (χ3v) is 5.97. The molecule has 1 aromatic carbocycles. The summed E-state index contributed by atoms with van der Waals surface area (Å²) in [6.45, 7) is 0.726. The maximum Gasteiger partial charge on any atom is 0.229 e. The van der Waals surface area contributed by atoms with Gasteiger partial charge < -0.3 is 18.9 Å². The van der Waals surface area contributed by atoms with Crippen molar-refractivity contribution in [3.8, 4) is 0 Å². The SMILES string of the molecule is CO[C@@H]1CC[C@]2(OC)CCN(C(=O)Cc3noc4ccccc34)[C@@H]2C1. The number of fused-ring (bicyclic) bond motifs is 2. The molecule has 1 aliphatic heterocycles. The van der Waals surface area contributed by atoms with Crippen LogP contribution in [0.5, 0.6) is 0 Å². The highest BCUT2D eigenvalue weighted by Crippen LogP contribution is 2.43. The van der Waals surface area contributed by atoms with Crippen molar-refractivity contribution in [2.24, 2.45) is 0 Å². The van der Waals surface area contributed by atoms with E-state index in [1.807, 2.05) is 29.2 Å². The molecule has 0 N–H and O–H groups in total. The summed E-state index contributed by atoms with van der Waals surface area (Å²) in [6, 6.07) is 7.72. The Morgan fingerprint density at radius 2 is 2.20 bits per heavy atom. The Labute approximate surface area is 147 Å². The van der Waals surface area contributed by atoms with Gasteiger partial charge in [-0.2, -0.15) is 0 Å². The van der Waals surface area contributed by atoms with Gasteiger partial charge in [-0.05, 0) is 37.8 Å². The number of likely N-dealkylation sites (tertiary alicyclic amines) is 1. The molecule has 0 unspecified atom stereocenters. The third kappa shape index (κ3) is 2.73. The molecule has 3 atom stereocenters. The molecule has 2 aromatic rings. The number of methoxy groups -OCH3 is 2. The number of para-hydroxylation sites is 1. The molecule has 6 heteroatoms. The van der Waals surface area contributed by atoms with E-state index in [1.165, 1.54) is 0 Å². The Kier molecular flexibility index (Phi) is 4.25. The average Bonchev–Trinajstić information content (AvgIpc) is 3.23. The van der Waals surface area contributed by atoms with E-state index in [0.29, 0.717) is 5.69 Å². The van der Waals surface area contributed by atoms with Crippen LogP contribution in [0.3, 0.4) is 0 Å². The van der Waals surface area contributed by atoms with Crippen LogP contribution < -0.4 is 0 Å². The van der Waals surface area contributed by atoms with Crippen LogP contribution in [0, 0.1) is 0 Å². The number of rotatable bonds is 4. The van der Waals surface area contributed by atoms with Gasteiger partial charge in [0.2, 0.25) is 5.91 Å². The lowest BCUT2D eigenvalue weighted by atomic mass is 9.79. The second-order valence-corrected chi connectivity index (χ2v) is 7.06. The van der Waals surface area contributed by atoms with Gasteiger partial charge in [-0.25, -0.2) is 0 Å². The van der Waals surface area contributed by atoms with Gasteiger partial charge in [-0.15, -0.1) is 0 Å². The van der Waals surface area contributed by atoms with E-state index in [-0.39, 0.29) is 30.1 Å². The average molecular weight is 344 g/mol. The van der Waals surface area contributed by atoms with E-state index < -0.39 is 0 Å². The van der Waals surface area contributed by atoms with Gasteiger partial charge in [0.25, 0.3) is 0 Å². The number of carbonyl (C=O) groups excluding carboxylic acids is 1. The van der Waals surface area contributed by atoms with Crippen molar-refractivity contribution >= 4 is 16.9 Å². The van der Waals surface area contributed by atoms with Gasteiger partial charge in [0, 0.05) is 26.2 Å². The summed E-state index contributed by atoms with van der Waals surface area (Å²) in [7, 11) is 3.51. The first-order chi connectivity index (χ1) is 12.2. The summed E-state index contributed by atoms with van der Waals surface area (Å²) in [4.78, 5) is 15.0. The zero-order chi connectivity index (χ0) is 17.4. The van der Waals surface area contributed by atoms with Crippen molar-refractivity contribution in [2.75, 3.05) is 20.8 Å². The summed E-state index contributed by atoms with van der Waals surface area (Å²) < 4.78 is 16.8. The number of hydrogen-bond donors (Lipinski definition) is 0. The van der Waals surface area contributed by atoms with E-state index in [4.69, 9.17) is 14.0 Å². The molecule has 1 saturated heterocycles. The molecule has 25 heavy (non-hydrogen) atoms. The molecular formula is C19H24N2O4. The molecule has 1 amide bonds. The lowest BCUT2D eigenvalue weighted by Gasteiger charge is -2.43. The fourth-order valence-electron chi connectivity index (χ4n) is 4.49. The Balaban J connectivity index is 1.55. The molecule has 0 spiro atoms. The van der Waals surface area contributed by atoms with Crippen LogP contribution in [0.15, 0.2) is 28.8 Å². The van der Waals surface area contributed by atoms with Crippen molar-refractivity contribution in [1.82, 2.24) is 10.1 Å². The molecule has 134 valence electrons. The van der Waals surface area contributed by atoms with E-state index >= 15 is 0 Å². The number of hydrogen-bond acceptors (Lipinski definition) is 5. The minimum absolute atomic E-state index is 0.0712. The van der Waals surface area contributed by atoms with Crippen molar-refractivity contribution in [1.29, 1.82) is 0 Å². The number of aromatic nitrogens is 1. The second-order valence-electron chi connectivity index (χ2n) is 7.06. The molecule has 6 nitrogen and oxygen atoms in total. The fourth-order valence-corrected chi connectivity index (χ4v) is 4.49. The standard InChI is InChI=1S/C19H24N2O4/c1-23-13-7-8-19(24-2)9-10-21(17(19)11-13)18(22)12-15-14-5-3-4-6-16(14)25-20-15/h3-6,13,17H,7-12H2,1-2H3/t13-,17-,19+/m1/s1. The van der Waals surface area contributed by atoms with Crippen LogP contribution in [-0.4, -0.2) is 54.5 Å². The maximum absolute atomic E-state index is 13.0. The Hall–Kier alpha value is -1.92. The predicted octanol–water partition coefficient (Wildman–Crippen LogP) is 2.56. The highest BCUT2D eigenvalue weighted by atomic mass is 16.5. The lowest BCUT2D eigenvalue weighted by molar-refractivity contribution is -0.140. The highest BCUT2D eigenvalue weighted by molar-refractivity contribution is 5.86. The first-order valence-electron chi connectivity index (χ1n) is 8.87. The molecule has 0 bridgehead atoms. The zero-order valence-electron chi connectivity index (χ0n) is 14.7. The molecule has 4 rings (SSSR count). The van der Waals surface area contributed by atoms with Crippen LogP contribution in [-0.2, 0) is 20.7 Å². The molecule has 2 heterocycles. The normalized spacial score (nSPS) is 29.1. The number of nitrogens with zero attached hydrogens (tertiary/aromatic N) is 2. The topological polar surface area (TPSA) is 64.8 Å². The number of benzene rings is 1. The quantitative estimate of drug-likeness (QED) is 0.853. The Morgan fingerprint density at radius 3 is 3.00 bits per heavy atom. The molecule has 0 radical (unpaired) electrons. The number of carbonyl (C=O) groups is 1. The van der Waals surface area contributed by atoms with Crippen LogP contribution in [0.2, 0.25) is 0 Å². The third-order valence-electron chi connectivity index (χ3n) is 5.97. The second kappa shape index (κ2) is 6.42. The summed E-state index contributed by atoms with van der Waals surface area (Å²) in [5.74, 6) is 0.0831. The van der Waals surface area contributed by atoms with Crippen LogP contribution in [0.25, 0.3) is 11.0 Å². The highest BCUT2D eigenvalue weighted by Gasteiger charge is 2.52. The maximum atomic E-state index is 13.0. The lowest BCUT2D eigenvalue weighted by Crippen LogP contribution is -2.53. The van der Waals surface area contributed by atoms with Crippen molar-refractivity contribution in [3.63, 3.8) is 0 Å². The van der Waals surface area contributed by atoms with E-state index in [2.05, 4.69) is 5.16 Å². The van der Waals surface area contributed by atoms with Gasteiger partial charge in [0.1, 0.15) is 5.69 Å². The van der Waals surface area contributed by atoms with E-state index in [0.717, 1.165) is 43.2 Å². The molecule has 2 fully saturated rings. The molecule has 1 aromatic heterocycles. The van der Waals surface area contributed by atoms with E-state index in [9.17, 15) is 4.79 Å². The number of ether oxygens (including phenoxy) is 2. The van der Waals surface area contributed by atoms with E-state index in [1.54, 1.807) is 14.2 Å². The van der Waals surface area contributed by atoms with Crippen LogP contribution in [0.1, 0.15) is 31.4 Å². The molecule has 2 aliphatic rings. The van der Waals surface area contributed by atoms with Gasteiger partial charge in [0.15, 0.2) is 5.58 Å². The van der Waals surface area contributed by atoms with Crippen molar-refractivity contribution < 1.29 is 18.8 Å². The number of amides is 1. The monoisotopic (exact) mass is 344 g/mol. The first-order valence-corrected chi connectivity index (χ1v) is 8.87. The van der Waals surface area contributed by atoms with Gasteiger partial charge in [-0.3, -0.25) is 4.79 Å². The summed E-state index contributed by atoms with van der Waals surface area (Å²) in [5.41, 5.74) is 1.20. The zero-order valence-corrected chi connectivity index (χ0v) is 14.7. The molecular weight excluding hydrogens is 320 g/mol. The fraction of sp³-hybridized carbons (Fsp3) is 0.579. The van der Waals surface area contributed by atoms with Gasteiger partial charge in [0.05, 0.1) is 24.2 Å². The molecule has 1 aliphatic carbocycles. The van der Waals surface area contributed by atoms with Crippen molar-refractivity contribution in [3.05, 3.63) is 30.0 Å².